The standard InChI is InChI=1S/C6H11ClN2/c1-4-2-5(7)3-6(8)9-4/h4-5H,2-3H2,1H3,(H2,8,9). The van der Waals surface area contributed by atoms with Gasteiger partial charge in [-0.2, -0.15) is 0 Å². The summed E-state index contributed by atoms with van der Waals surface area (Å²) in [5.74, 6) is 0.703. The van der Waals surface area contributed by atoms with Gasteiger partial charge in [-0.1, -0.05) is 0 Å². The third kappa shape index (κ3) is 1.86. The normalized spacial score (nSPS) is 36.0. The fourth-order valence-electron chi connectivity index (χ4n) is 1.07. The van der Waals surface area contributed by atoms with Gasteiger partial charge in [0, 0.05) is 11.8 Å². The average molecular weight is 147 g/mol. The highest BCUT2D eigenvalue weighted by Gasteiger charge is 2.16. The van der Waals surface area contributed by atoms with Crippen LogP contribution in [0, 0.1) is 0 Å². The van der Waals surface area contributed by atoms with Crippen molar-refractivity contribution in [3.05, 3.63) is 0 Å². The Balaban J connectivity index is 2.56. The van der Waals surface area contributed by atoms with Crippen LogP contribution >= 0.6 is 11.6 Å². The molecule has 0 aromatic rings. The highest BCUT2D eigenvalue weighted by atomic mass is 35.5. The van der Waals surface area contributed by atoms with Gasteiger partial charge in [-0.25, -0.2) is 0 Å². The van der Waals surface area contributed by atoms with Gasteiger partial charge in [-0.3, -0.25) is 4.99 Å². The fourth-order valence-corrected chi connectivity index (χ4v) is 1.48. The van der Waals surface area contributed by atoms with Crippen molar-refractivity contribution >= 4 is 17.4 Å². The van der Waals surface area contributed by atoms with E-state index in [1.54, 1.807) is 0 Å². The van der Waals surface area contributed by atoms with Crippen LogP contribution in [0.5, 0.6) is 0 Å². The van der Waals surface area contributed by atoms with Gasteiger partial charge in [0.15, 0.2) is 0 Å². The van der Waals surface area contributed by atoms with E-state index in [-0.39, 0.29) is 5.38 Å². The topological polar surface area (TPSA) is 38.4 Å². The van der Waals surface area contributed by atoms with Crippen LogP contribution in [-0.4, -0.2) is 17.3 Å². The first-order valence-corrected chi connectivity index (χ1v) is 3.58. The third-order valence-corrected chi connectivity index (χ3v) is 1.75. The van der Waals surface area contributed by atoms with Crippen LogP contribution in [0.15, 0.2) is 4.99 Å². The summed E-state index contributed by atoms with van der Waals surface area (Å²) >= 11 is 5.85. The molecule has 0 radical (unpaired) electrons. The van der Waals surface area contributed by atoms with Crippen LogP contribution in [0.3, 0.4) is 0 Å². The van der Waals surface area contributed by atoms with Crippen LogP contribution in [-0.2, 0) is 0 Å². The van der Waals surface area contributed by atoms with Gasteiger partial charge in [-0.05, 0) is 13.3 Å². The quantitative estimate of drug-likeness (QED) is 0.512. The Morgan fingerprint density at radius 1 is 1.78 bits per heavy atom. The Morgan fingerprint density at radius 2 is 2.44 bits per heavy atom. The zero-order chi connectivity index (χ0) is 6.85. The number of rotatable bonds is 0. The van der Waals surface area contributed by atoms with Crippen molar-refractivity contribution in [1.29, 1.82) is 0 Å². The summed E-state index contributed by atoms with van der Waals surface area (Å²) in [6.07, 6.45) is 1.72. The van der Waals surface area contributed by atoms with Gasteiger partial charge in [0.2, 0.25) is 0 Å². The van der Waals surface area contributed by atoms with E-state index in [4.69, 9.17) is 17.3 Å². The first-order valence-electron chi connectivity index (χ1n) is 3.14. The molecule has 0 aromatic heterocycles. The van der Waals surface area contributed by atoms with E-state index in [9.17, 15) is 0 Å². The molecular formula is C6H11ClN2. The maximum Gasteiger partial charge on any atom is 0.0955 e. The van der Waals surface area contributed by atoms with Crippen molar-refractivity contribution in [3.63, 3.8) is 0 Å². The predicted molar refractivity (Wildman–Crippen MR) is 40.0 cm³/mol. The lowest BCUT2D eigenvalue weighted by Crippen LogP contribution is -2.26. The molecule has 0 bridgehead atoms. The third-order valence-electron chi connectivity index (χ3n) is 1.41. The molecule has 2 N–H and O–H groups in total. The van der Waals surface area contributed by atoms with Crippen LogP contribution < -0.4 is 5.73 Å². The second-order valence-corrected chi connectivity index (χ2v) is 3.12. The van der Waals surface area contributed by atoms with Gasteiger partial charge in [0.1, 0.15) is 0 Å². The van der Waals surface area contributed by atoms with E-state index >= 15 is 0 Å². The molecule has 1 heterocycles. The van der Waals surface area contributed by atoms with Gasteiger partial charge in [-0.15, -0.1) is 11.6 Å². The minimum absolute atomic E-state index is 0.206. The second-order valence-electron chi connectivity index (χ2n) is 2.51. The maximum absolute atomic E-state index is 5.85. The molecule has 3 heteroatoms. The van der Waals surface area contributed by atoms with Crippen molar-refractivity contribution in [2.45, 2.75) is 31.2 Å². The summed E-state index contributed by atoms with van der Waals surface area (Å²) in [5, 5.41) is 0.206. The van der Waals surface area contributed by atoms with Crippen LogP contribution in [0.25, 0.3) is 0 Å². The molecule has 0 aromatic carbocycles. The van der Waals surface area contributed by atoms with Gasteiger partial charge >= 0.3 is 0 Å². The molecule has 0 saturated carbocycles. The van der Waals surface area contributed by atoms with Crippen molar-refractivity contribution in [2.75, 3.05) is 0 Å². The van der Waals surface area contributed by atoms with Crippen LogP contribution in [0.1, 0.15) is 19.8 Å². The number of aliphatic imine (C=N–C) groups is 1. The Hall–Kier alpha value is -0.240. The highest BCUT2D eigenvalue weighted by molar-refractivity contribution is 6.22. The zero-order valence-corrected chi connectivity index (χ0v) is 6.23. The van der Waals surface area contributed by atoms with Crippen molar-refractivity contribution < 1.29 is 0 Å². The lowest BCUT2D eigenvalue weighted by molar-refractivity contribution is 0.613. The molecule has 52 valence electrons. The van der Waals surface area contributed by atoms with E-state index in [0.29, 0.717) is 11.9 Å². The molecule has 9 heavy (non-hydrogen) atoms. The van der Waals surface area contributed by atoms with E-state index in [2.05, 4.69) is 4.99 Å². The second kappa shape index (κ2) is 2.56. The Morgan fingerprint density at radius 3 is 2.89 bits per heavy atom. The van der Waals surface area contributed by atoms with Crippen LogP contribution in [0.4, 0.5) is 0 Å². The summed E-state index contributed by atoms with van der Waals surface area (Å²) in [4.78, 5) is 4.14. The monoisotopic (exact) mass is 146 g/mol. The SMILES string of the molecule is CC1CC(Cl)CC(N)=N1. The summed E-state index contributed by atoms with van der Waals surface area (Å²) in [6.45, 7) is 2.03. The Bertz CT molecular complexity index is 133. The maximum atomic E-state index is 5.85. The lowest BCUT2D eigenvalue weighted by atomic mass is 10.1. The fraction of sp³-hybridized carbons (Fsp3) is 0.833. The number of amidine groups is 1. The first kappa shape index (κ1) is 6.87. The molecule has 2 atom stereocenters. The van der Waals surface area contributed by atoms with Gasteiger partial charge in [0.25, 0.3) is 0 Å². The van der Waals surface area contributed by atoms with Gasteiger partial charge in [0.05, 0.1) is 11.9 Å². The molecule has 1 rings (SSSR count). The molecule has 0 aliphatic carbocycles. The number of halogens is 1. The Labute approximate surface area is 60.1 Å². The van der Waals surface area contributed by atoms with Crippen molar-refractivity contribution in [2.24, 2.45) is 10.7 Å². The van der Waals surface area contributed by atoms with E-state index in [0.717, 1.165) is 12.8 Å². The summed E-state index contributed by atoms with van der Waals surface area (Å²) < 4.78 is 0. The molecule has 0 saturated heterocycles. The minimum Gasteiger partial charge on any atom is -0.387 e. The molecule has 0 spiro atoms. The highest BCUT2D eigenvalue weighted by Crippen LogP contribution is 2.16. The predicted octanol–water partition coefficient (Wildman–Crippen LogP) is 1.13. The molecule has 0 fully saturated rings. The smallest absolute Gasteiger partial charge is 0.0955 e. The summed E-state index contributed by atoms with van der Waals surface area (Å²) in [6, 6.07) is 0.321. The molecule has 2 nitrogen and oxygen atoms in total. The first-order chi connectivity index (χ1) is 4.18. The number of hydrogen-bond acceptors (Lipinski definition) is 2. The number of hydrogen-bond donors (Lipinski definition) is 1. The molecule has 1 aliphatic heterocycles. The molecule has 0 amide bonds. The molecule has 1 aliphatic rings. The number of alkyl halides is 1. The van der Waals surface area contributed by atoms with Crippen molar-refractivity contribution in [3.8, 4) is 0 Å². The summed E-state index contributed by atoms with van der Waals surface area (Å²) in [7, 11) is 0. The number of nitrogens with zero attached hydrogens (tertiary/aromatic N) is 1. The Kier molecular flexibility index (Phi) is 1.96. The van der Waals surface area contributed by atoms with Gasteiger partial charge < -0.3 is 5.73 Å². The van der Waals surface area contributed by atoms with Crippen LogP contribution in [0.2, 0.25) is 0 Å². The molecule has 2 unspecified atom stereocenters. The largest absolute Gasteiger partial charge is 0.387 e. The summed E-state index contributed by atoms with van der Waals surface area (Å²) in [5.41, 5.74) is 5.48. The zero-order valence-electron chi connectivity index (χ0n) is 5.47. The van der Waals surface area contributed by atoms with Crippen molar-refractivity contribution in [1.82, 2.24) is 0 Å². The molecular weight excluding hydrogens is 136 g/mol. The minimum atomic E-state index is 0.206. The van der Waals surface area contributed by atoms with E-state index < -0.39 is 0 Å². The number of nitrogens with two attached hydrogens (primary N) is 1. The lowest BCUT2D eigenvalue weighted by Gasteiger charge is -2.18. The average Bonchev–Trinajstić information content (AvgIpc) is 1.59. The van der Waals surface area contributed by atoms with E-state index in [1.807, 2.05) is 6.92 Å². The van der Waals surface area contributed by atoms with E-state index in [1.165, 1.54) is 0 Å².